The minimum absolute atomic E-state index is 0.221. The number of rotatable bonds is 6. The topological polar surface area (TPSA) is 67.4 Å². The van der Waals surface area contributed by atoms with Crippen molar-refractivity contribution in [2.24, 2.45) is 0 Å². The van der Waals surface area contributed by atoms with E-state index in [0.717, 1.165) is 6.42 Å². The van der Waals surface area contributed by atoms with Crippen LogP contribution < -0.4 is 15.4 Å². The number of amides is 2. The highest BCUT2D eigenvalue weighted by Gasteiger charge is 2.19. The lowest BCUT2D eigenvalue weighted by molar-refractivity contribution is -0.122. The van der Waals surface area contributed by atoms with E-state index < -0.39 is 11.9 Å². The van der Waals surface area contributed by atoms with Gasteiger partial charge in [-0.15, -0.1) is 0 Å². The second-order valence-electron chi connectivity index (χ2n) is 4.33. The second kappa shape index (κ2) is 7.75. The Morgan fingerprint density at radius 1 is 1.40 bits per heavy atom. The van der Waals surface area contributed by atoms with Gasteiger partial charge in [-0.2, -0.15) is 0 Å². The average Bonchev–Trinajstić information content (AvgIpc) is 2.44. The van der Waals surface area contributed by atoms with Gasteiger partial charge in [-0.3, -0.25) is 9.59 Å². The van der Waals surface area contributed by atoms with Crippen molar-refractivity contribution in [3.05, 3.63) is 28.8 Å². The zero-order valence-electron chi connectivity index (χ0n) is 11.8. The Morgan fingerprint density at radius 2 is 2.10 bits per heavy atom. The minimum Gasteiger partial charge on any atom is -0.496 e. The van der Waals surface area contributed by atoms with Gasteiger partial charge in [0, 0.05) is 11.6 Å². The maximum absolute atomic E-state index is 12.1. The Bertz CT molecular complexity index is 491. The Labute approximate surface area is 123 Å². The van der Waals surface area contributed by atoms with Crippen LogP contribution in [0.2, 0.25) is 5.02 Å². The van der Waals surface area contributed by atoms with Gasteiger partial charge in [-0.05, 0) is 31.5 Å². The molecule has 0 radical (unpaired) electrons. The normalized spacial score (nSPS) is 11.6. The molecule has 0 aromatic heterocycles. The largest absolute Gasteiger partial charge is 0.496 e. The summed E-state index contributed by atoms with van der Waals surface area (Å²) in [5.74, 6) is -0.210. The van der Waals surface area contributed by atoms with Crippen LogP contribution in [0.4, 0.5) is 0 Å². The molecule has 1 atom stereocenters. The molecule has 20 heavy (non-hydrogen) atoms. The van der Waals surface area contributed by atoms with E-state index in [4.69, 9.17) is 16.3 Å². The van der Waals surface area contributed by atoms with Gasteiger partial charge in [0.05, 0.1) is 12.7 Å². The first-order valence-corrected chi connectivity index (χ1v) is 6.79. The average molecular weight is 299 g/mol. The highest BCUT2D eigenvalue weighted by atomic mass is 35.5. The van der Waals surface area contributed by atoms with Crippen LogP contribution >= 0.6 is 11.6 Å². The molecule has 0 unspecified atom stereocenters. The van der Waals surface area contributed by atoms with Crippen molar-refractivity contribution in [3.63, 3.8) is 0 Å². The van der Waals surface area contributed by atoms with Gasteiger partial charge in [-0.1, -0.05) is 18.5 Å². The molecule has 0 heterocycles. The quantitative estimate of drug-likeness (QED) is 0.844. The van der Waals surface area contributed by atoms with Crippen molar-refractivity contribution in [2.45, 2.75) is 26.3 Å². The Kier molecular flexibility index (Phi) is 6.31. The molecule has 0 spiro atoms. The summed E-state index contributed by atoms with van der Waals surface area (Å²) in [6, 6.07) is 4.12. The number of carbonyl (C=O) groups is 2. The maximum atomic E-state index is 12.1. The first kappa shape index (κ1) is 16.3. The zero-order chi connectivity index (χ0) is 15.1. The smallest absolute Gasteiger partial charge is 0.255 e. The van der Waals surface area contributed by atoms with E-state index in [2.05, 4.69) is 10.6 Å². The molecule has 2 N–H and O–H groups in total. The predicted molar refractivity (Wildman–Crippen MR) is 78.2 cm³/mol. The van der Waals surface area contributed by atoms with Crippen LogP contribution in [-0.4, -0.2) is 31.5 Å². The highest BCUT2D eigenvalue weighted by Crippen LogP contribution is 2.22. The molecule has 0 aliphatic rings. The van der Waals surface area contributed by atoms with E-state index in [-0.39, 0.29) is 5.91 Å². The molecule has 0 aliphatic carbocycles. The predicted octanol–water partition coefficient (Wildman–Crippen LogP) is 1.99. The lowest BCUT2D eigenvalue weighted by Crippen LogP contribution is -2.45. The van der Waals surface area contributed by atoms with Crippen LogP contribution in [0.1, 0.15) is 30.6 Å². The summed E-state index contributed by atoms with van der Waals surface area (Å²) in [7, 11) is 1.47. The van der Waals surface area contributed by atoms with E-state index >= 15 is 0 Å². The van der Waals surface area contributed by atoms with Gasteiger partial charge < -0.3 is 15.4 Å². The van der Waals surface area contributed by atoms with Gasteiger partial charge in [0.25, 0.3) is 5.91 Å². The lowest BCUT2D eigenvalue weighted by atomic mass is 10.1. The first-order valence-electron chi connectivity index (χ1n) is 6.41. The molecule has 5 nitrogen and oxygen atoms in total. The number of nitrogens with one attached hydrogen (secondary N) is 2. The number of carbonyl (C=O) groups excluding carboxylic acids is 2. The molecule has 110 valence electrons. The number of ether oxygens (including phenoxy) is 1. The molecule has 6 heteroatoms. The molecular formula is C14H19ClN2O3. The molecule has 0 saturated carbocycles. The number of hydrogen-bond acceptors (Lipinski definition) is 3. The summed E-state index contributed by atoms with van der Waals surface area (Å²) >= 11 is 5.87. The summed E-state index contributed by atoms with van der Waals surface area (Å²) in [5.41, 5.74) is 0.301. The van der Waals surface area contributed by atoms with E-state index in [0.29, 0.717) is 22.9 Å². The van der Waals surface area contributed by atoms with E-state index in [9.17, 15) is 9.59 Å². The third-order valence-electron chi connectivity index (χ3n) is 2.70. The van der Waals surface area contributed by atoms with Crippen molar-refractivity contribution < 1.29 is 14.3 Å². The van der Waals surface area contributed by atoms with Crippen molar-refractivity contribution in [3.8, 4) is 5.75 Å². The van der Waals surface area contributed by atoms with Crippen molar-refractivity contribution in [1.82, 2.24) is 10.6 Å². The highest BCUT2D eigenvalue weighted by molar-refractivity contribution is 6.31. The standard InChI is InChI=1S/C14H19ClN2O3/c1-4-7-16-13(18)9(2)17-14(19)11-8-10(15)5-6-12(11)20-3/h5-6,8-9H,4,7H2,1-3H3,(H,16,18)(H,17,19)/t9-/m0/s1. The van der Waals surface area contributed by atoms with Crippen LogP contribution in [0, 0.1) is 0 Å². The molecule has 1 rings (SSSR count). The van der Waals surface area contributed by atoms with Crippen molar-refractivity contribution in [2.75, 3.05) is 13.7 Å². The van der Waals surface area contributed by atoms with E-state index in [1.165, 1.54) is 13.2 Å². The molecule has 0 bridgehead atoms. The van der Waals surface area contributed by atoms with Gasteiger partial charge in [0.1, 0.15) is 11.8 Å². The molecule has 0 aliphatic heterocycles. The lowest BCUT2D eigenvalue weighted by Gasteiger charge is -2.15. The number of hydrogen-bond donors (Lipinski definition) is 2. The molecule has 1 aromatic carbocycles. The summed E-state index contributed by atoms with van der Waals surface area (Å²) < 4.78 is 5.11. The molecule has 0 saturated heterocycles. The maximum Gasteiger partial charge on any atom is 0.255 e. The summed E-state index contributed by atoms with van der Waals surface area (Å²) in [6.45, 7) is 4.17. The van der Waals surface area contributed by atoms with Crippen LogP contribution in [-0.2, 0) is 4.79 Å². The van der Waals surface area contributed by atoms with Gasteiger partial charge >= 0.3 is 0 Å². The third-order valence-corrected chi connectivity index (χ3v) is 2.93. The number of methoxy groups -OCH3 is 1. The van der Waals surface area contributed by atoms with E-state index in [1.54, 1.807) is 19.1 Å². The van der Waals surface area contributed by atoms with E-state index in [1.807, 2.05) is 6.92 Å². The monoisotopic (exact) mass is 298 g/mol. The second-order valence-corrected chi connectivity index (χ2v) is 4.77. The third kappa shape index (κ3) is 4.42. The SMILES string of the molecule is CCCNC(=O)[C@H](C)NC(=O)c1cc(Cl)ccc1OC. The molecule has 0 fully saturated rings. The Balaban J connectivity index is 2.75. The zero-order valence-corrected chi connectivity index (χ0v) is 12.6. The van der Waals surface area contributed by atoms with Crippen LogP contribution in [0.3, 0.4) is 0 Å². The van der Waals surface area contributed by atoms with Crippen molar-refractivity contribution >= 4 is 23.4 Å². The summed E-state index contributed by atoms with van der Waals surface area (Å²) in [6.07, 6.45) is 0.842. The van der Waals surface area contributed by atoms with Gasteiger partial charge in [0.15, 0.2) is 0 Å². The fraction of sp³-hybridized carbons (Fsp3) is 0.429. The van der Waals surface area contributed by atoms with Crippen molar-refractivity contribution in [1.29, 1.82) is 0 Å². The fourth-order valence-electron chi connectivity index (χ4n) is 1.60. The molecular weight excluding hydrogens is 280 g/mol. The van der Waals surface area contributed by atoms with Crippen LogP contribution in [0.25, 0.3) is 0 Å². The molecule has 2 amide bonds. The minimum atomic E-state index is -0.627. The fourth-order valence-corrected chi connectivity index (χ4v) is 1.77. The van der Waals surface area contributed by atoms with Gasteiger partial charge in [0.2, 0.25) is 5.91 Å². The number of benzene rings is 1. The Hall–Kier alpha value is -1.75. The van der Waals surface area contributed by atoms with Gasteiger partial charge in [-0.25, -0.2) is 0 Å². The van der Waals surface area contributed by atoms with Crippen LogP contribution in [0.5, 0.6) is 5.75 Å². The first-order chi connectivity index (χ1) is 9.49. The Morgan fingerprint density at radius 3 is 2.70 bits per heavy atom. The number of halogens is 1. The summed E-state index contributed by atoms with van der Waals surface area (Å²) in [5, 5.41) is 5.76. The van der Waals surface area contributed by atoms with Crippen LogP contribution in [0.15, 0.2) is 18.2 Å². The summed E-state index contributed by atoms with van der Waals surface area (Å²) in [4.78, 5) is 23.8. The molecule has 1 aromatic rings.